The van der Waals surface area contributed by atoms with E-state index in [4.69, 9.17) is 4.74 Å². The van der Waals surface area contributed by atoms with Crippen LogP contribution in [0.4, 0.5) is 0 Å². The third-order valence-electron chi connectivity index (χ3n) is 4.76. The fraction of sp³-hybridized carbons (Fsp3) is 0.588. The zero-order valence-corrected chi connectivity index (χ0v) is 14.0. The SMILES string of the molecule is O=C(COc1ncnc2sc3c(c12)CCCC3)N1CCCCC1. The molecular formula is C17H21N3O2S. The molecule has 0 radical (unpaired) electrons. The molecular weight excluding hydrogens is 310 g/mol. The van der Waals surface area contributed by atoms with E-state index >= 15 is 0 Å². The first-order valence-electron chi connectivity index (χ1n) is 8.49. The lowest BCUT2D eigenvalue weighted by Crippen LogP contribution is -2.38. The van der Waals surface area contributed by atoms with Crippen molar-refractivity contribution >= 4 is 27.5 Å². The van der Waals surface area contributed by atoms with E-state index in [9.17, 15) is 4.79 Å². The van der Waals surface area contributed by atoms with Crippen molar-refractivity contribution in [3.05, 3.63) is 16.8 Å². The van der Waals surface area contributed by atoms with Crippen molar-refractivity contribution in [2.24, 2.45) is 0 Å². The lowest BCUT2D eigenvalue weighted by molar-refractivity contribution is -0.134. The summed E-state index contributed by atoms with van der Waals surface area (Å²) >= 11 is 1.75. The molecule has 1 saturated heterocycles. The number of ether oxygens (including phenoxy) is 1. The molecule has 1 amide bonds. The van der Waals surface area contributed by atoms with Gasteiger partial charge in [0.2, 0.25) is 5.88 Å². The highest BCUT2D eigenvalue weighted by Crippen LogP contribution is 2.38. The number of amides is 1. The summed E-state index contributed by atoms with van der Waals surface area (Å²) in [6, 6.07) is 0. The molecule has 2 aromatic rings. The van der Waals surface area contributed by atoms with Crippen LogP contribution in [0.25, 0.3) is 10.2 Å². The first-order valence-corrected chi connectivity index (χ1v) is 9.30. The second-order valence-electron chi connectivity index (χ2n) is 6.30. The Hall–Kier alpha value is -1.69. The first-order chi connectivity index (χ1) is 11.3. The van der Waals surface area contributed by atoms with Crippen LogP contribution in [0.15, 0.2) is 6.33 Å². The maximum Gasteiger partial charge on any atom is 0.260 e. The molecule has 5 nitrogen and oxygen atoms in total. The number of thiophene rings is 1. The molecule has 3 heterocycles. The van der Waals surface area contributed by atoms with Gasteiger partial charge >= 0.3 is 0 Å². The van der Waals surface area contributed by atoms with Gasteiger partial charge in [-0.05, 0) is 50.5 Å². The van der Waals surface area contributed by atoms with Gasteiger partial charge in [0.1, 0.15) is 11.2 Å². The summed E-state index contributed by atoms with van der Waals surface area (Å²) in [6.45, 7) is 1.79. The minimum absolute atomic E-state index is 0.0700. The summed E-state index contributed by atoms with van der Waals surface area (Å²) in [6.07, 6.45) is 9.62. The lowest BCUT2D eigenvalue weighted by atomic mass is 9.97. The van der Waals surface area contributed by atoms with Crippen molar-refractivity contribution in [3.8, 4) is 5.88 Å². The zero-order valence-electron chi connectivity index (χ0n) is 13.2. The average molecular weight is 331 g/mol. The number of carbonyl (C=O) groups is 1. The average Bonchev–Trinajstić information content (AvgIpc) is 2.99. The molecule has 122 valence electrons. The quantitative estimate of drug-likeness (QED) is 0.868. The van der Waals surface area contributed by atoms with Crippen LogP contribution >= 0.6 is 11.3 Å². The smallest absolute Gasteiger partial charge is 0.260 e. The maximum absolute atomic E-state index is 12.3. The van der Waals surface area contributed by atoms with E-state index in [-0.39, 0.29) is 12.5 Å². The molecule has 23 heavy (non-hydrogen) atoms. The summed E-state index contributed by atoms with van der Waals surface area (Å²) in [5.41, 5.74) is 1.34. The molecule has 0 aromatic carbocycles. The molecule has 2 aliphatic rings. The van der Waals surface area contributed by atoms with Crippen LogP contribution in [0.2, 0.25) is 0 Å². The van der Waals surface area contributed by atoms with E-state index in [2.05, 4.69) is 9.97 Å². The van der Waals surface area contributed by atoms with Gasteiger partial charge in [0.05, 0.1) is 5.39 Å². The van der Waals surface area contributed by atoms with Crippen molar-refractivity contribution in [2.45, 2.75) is 44.9 Å². The maximum atomic E-state index is 12.3. The third kappa shape index (κ3) is 2.92. The number of nitrogens with zero attached hydrogens (tertiary/aromatic N) is 3. The van der Waals surface area contributed by atoms with E-state index in [1.165, 1.54) is 29.7 Å². The second kappa shape index (κ2) is 6.43. The molecule has 0 spiro atoms. The summed E-state index contributed by atoms with van der Waals surface area (Å²) in [5, 5.41) is 1.04. The molecule has 0 N–H and O–H groups in total. The Kier molecular flexibility index (Phi) is 4.16. The number of fused-ring (bicyclic) bond motifs is 3. The van der Waals surface area contributed by atoms with Crippen molar-refractivity contribution in [1.29, 1.82) is 0 Å². The predicted molar refractivity (Wildman–Crippen MR) is 90.0 cm³/mol. The zero-order chi connectivity index (χ0) is 15.6. The second-order valence-corrected chi connectivity index (χ2v) is 7.38. The number of carbonyl (C=O) groups excluding carboxylic acids is 1. The van der Waals surface area contributed by atoms with Gasteiger partial charge in [0, 0.05) is 18.0 Å². The highest BCUT2D eigenvalue weighted by Gasteiger charge is 2.22. The van der Waals surface area contributed by atoms with Gasteiger partial charge in [-0.1, -0.05) is 0 Å². The molecule has 6 heteroatoms. The summed E-state index contributed by atoms with van der Waals surface area (Å²) in [7, 11) is 0. The normalized spacial score (nSPS) is 18.0. The van der Waals surface area contributed by atoms with Gasteiger partial charge in [-0.2, -0.15) is 0 Å². The predicted octanol–water partition coefficient (Wildman–Crippen LogP) is 2.96. The van der Waals surface area contributed by atoms with Gasteiger partial charge in [-0.15, -0.1) is 11.3 Å². The minimum atomic E-state index is 0.0700. The topological polar surface area (TPSA) is 55.3 Å². The van der Waals surface area contributed by atoms with E-state index < -0.39 is 0 Å². The molecule has 1 aliphatic carbocycles. The molecule has 0 bridgehead atoms. The summed E-state index contributed by atoms with van der Waals surface area (Å²) in [5.74, 6) is 0.653. The van der Waals surface area contributed by atoms with Gasteiger partial charge in [0.15, 0.2) is 6.61 Å². The molecule has 0 saturated carbocycles. The van der Waals surface area contributed by atoms with Crippen LogP contribution in [-0.2, 0) is 17.6 Å². The summed E-state index contributed by atoms with van der Waals surface area (Å²) < 4.78 is 5.82. The number of piperidine rings is 1. The Balaban J connectivity index is 1.54. The van der Waals surface area contributed by atoms with Crippen molar-refractivity contribution in [1.82, 2.24) is 14.9 Å². The Morgan fingerprint density at radius 1 is 1.13 bits per heavy atom. The van der Waals surface area contributed by atoms with E-state index in [0.717, 1.165) is 49.0 Å². The van der Waals surface area contributed by atoms with Crippen LogP contribution in [0.5, 0.6) is 5.88 Å². The van der Waals surface area contributed by atoms with Crippen molar-refractivity contribution < 1.29 is 9.53 Å². The Labute approximate surface area is 139 Å². The molecule has 4 rings (SSSR count). The highest BCUT2D eigenvalue weighted by atomic mass is 32.1. The largest absolute Gasteiger partial charge is 0.467 e. The summed E-state index contributed by atoms with van der Waals surface area (Å²) in [4.78, 5) is 25.3. The molecule has 0 unspecified atom stereocenters. The molecule has 0 atom stereocenters. The fourth-order valence-electron chi connectivity index (χ4n) is 3.54. The van der Waals surface area contributed by atoms with E-state index in [1.807, 2.05) is 4.90 Å². The molecule has 1 aliphatic heterocycles. The highest BCUT2D eigenvalue weighted by molar-refractivity contribution is 7.18. The van der Waals surface area contributed by atoms with Crippen molar-refractivity contribution in [2.75, 3.05) is 19.7 Å². The lowest BCUT2D eigenvalue weighted by Gasteiger charge is -2.26. The van der Waals surface area contributed by atoms with Gasteiger partial charge in [0.25, 0.3) is 5.91 Å². The number of aromatic nitrogens is 2. The molecule has 2 aromatic heterocycles. The van der Waals surface area contributed by atoms with Gasteiger partial charge in [-0.3, -0.25) is 4.79 Å². The number of likely N-dealkylation sites (tertiary alicyclic amines) is 1. The van der Waals surface area contributed by atoms with Crippen LogP contribution in [0.1, 0.15) is 42.5 Å². The van der Waals surface area contributed by atoms with E-state index in [1.54, 1.807) is 17.7 Å². The van der Waals surface area contributed by atoms with Crippen LogP contribution in [0.3, 0.4) is 0 Å². The number of hydrogen-bond acceptors (Lipinski definition) is 5. The fourth-order valence-corrected chi connectivity index (χ4v) is 4.75. The van der Waals surface area contributed by atoms with Crippen LogP contribution in [0, 0.1) is 0 Å². The Morgan fingerprint density at radius 2 is 1.96 bits per heavy atom. The molecule has 1 fully saturated rings. The Bertz CT molecular complexity index is 722. The number of hydrogen-bond donors (Lipinski definition) is 0. The monoisotopic (exact) mass is 331 g/mol. The first kappa shape index (κ1) is 14.9. The van der Waals surface area contributed by atoms with Gasteiger partial charge < -0.3 is 9.64 Å². The van der Waals surface area contributed by atoms with E-state index in [0.29, 0.717) is 5.88 Å². The number of aryl methyl sites for hydroxylation is 2. The minimum Gasteiger partial charge on any atom is -0.467 e. The Morgan fingerprint density at radius 3 is 2.83 bits per heavy atom. The van der Waals surface area contributed by atoms with Crippen LogP contribution < -0.4 is 4.74 Å². The third-order valence-corrected chi connectivity index (χ3v) is 5.96. The standard InChI is InChI=1S/C17H21N3O2S/c21-14(20-8-4-1-5-9-20)10-22-16-15-12-6-2-3-7-13(12)23-17(15)19-11-18-16/h11H,1-10H2. The van der Waals surface area contributed by atoms with Crippen molar-refractivity contribution in [3.63, 3.8) is 0 Å². The van der Waals surface area contributed by atoms with Crippen LogP contribution in [-0.4, -0.2) is 40.5 Å². The van der Waals surface area contributed by atoms with Gasteiger partial charge in [-0.25, -0.2) is 9.97 Å². The number of rotatable bonds is 3.